The zero-order chi connectivity index (χ0) is 25.2. The van der Waals surface area contributed by atoms with Crippen LogP contribution in [0.4, 0.5) is 0 Å². The number of aromatic nitrogens is 2. The van der Waals surface area contributed by atoms with Crippen molar-refractivity contribution in [2.24, 2.45) is 23.2 Å². The number of rotatable bonds is 6. The van der Waals surface area contributed by atoms with Crippen LogP contribution in [0.15, 0.2) is 18.6 Å². The number of hydrogen-bond acceptors (Lipinski definition) is 5. The average molecular weight is 484 g/mol. The van der Waals surface area contributed by atoms with Crippen LogP contribution in [0.3, 0.4) is 0 Å². The molecular weight excluding hydrogens is 442 g/mol. The Morgan fingerprint density at radius 3 is 2.37 bits per heavy atom. The second kappa shape index (κ2) is 10.6. The standard InChI is InChI=1S/C27H41N5O3/c1-17-20-12-8-11-19(20)16-32(17)26(35)23(27(2,3)4)31-25(34)22(18-9-6-5-7-10-18)30-24(33)21-15-28-13-14-29-21/h13-15,17-20,22-23H,5-12,16H2,1-4H3,(H,30,33)(H,31,34)/t17-,19+,20-,22+,23?/m1/s1. The summed E-state index contributed by atoms with van der Waals surface area (Å²) in [5.74, 6) is 0.474. The highest BCUT2D eigenvalue weighted by Gasteiger charge is 2.47. The summed E-state index contributed by atoms with van der Waals surface area (Å²) >= 11 is 0. The number of likely N-dealkylation sites (tertiary alicyclic amines) is 1. The predicted octanol–water partition coefficient (Wildman–Crippen LogP) is 3.33. The van der Waals surface area contributed by atoms with Gasteiger partial charge in [0, 0.05) is 25.0 Å². The molecule has 3 aliphatic rings. The zero-order valence-electron chi connectivity index (χ0n) is 21.6. The Morgan fingerprint density at radius 2 is 1.74 bits per heavy atom. The summed E-state index contributed by atoms with van der Waals surface area (Å²) in [6, 6.07) is -1.17. The molecule has 0 radical (unpaired) electrons. The maximum Gasteiger partial charge on any atom is 0.272 e. The maximum absolute atomic E-state index is 13.8. The van der Waals surface area contributed by atoms with Gasteiger partial charge in [0.2, 0.25) is 11.8 Å². The summed E-state index contributed by atoms with van der Waals surface area (Å²) < 4.78 is 0. The first kappa shape index (κ1) is 25.6. The van der Waals surface area contributed by atoms with Crippen molar-refractivity contribution in [2.45, 2.75) is 97.2 Å². The first-order chi connectivity index (χ1) is 16.7. The fourth-order valence-corrected chi connectivity index (χ4v) is 6.41. The number of nitrogens with one attached hydrogen (secondary N) is 2. The summed E-state index contributed by atoms with van der Waals surface area (Å²) in [7, 11) is 0. The molecule has 0 spiro atoms. The molecule has 2 N–H and O–H groups in total. The molecule has 35 heavy (non-hydrogen) atoms. The van der Waals surface area contributed by atoms with E-state index in [9.17, 15) is 14.4 Å². The van der Waals surface area contributed by atoms with Gasteiger partial charge in [0.15, 0.2) is 0 Å². The molecular formula is C27H41N5O3. The molecule has 2 aliphatic carbocycles. The van der Waals surface area contributed by atoms with Gasteiger partial charge in [-0.15, -0.1) is 0 Å². The summed E-state index contributed by atoms with van der Waals surface area (Å²) in [5, 5.41) is 6.02. The second-order valence-electron chi connectivity index (χ2n) is 11.8. The van der Waals surface area contributed by atoms with Crippen molar-refractivity contribution in [3.05, 3.63) is 24.3 Å². The van der Waals surface area contributed by atoms with Crippen molar-refractivity contribution >= 4 is 17.7 Å². The van der Waals surface area contributed by atoms with Crippen LogP contribution in [-0.4, -0.2) is 57.3 Å². The minimum atomic E-state index is -0.710. The molecule has 0 aromatic carbocycles. The van der Waals surface area contributed by atoms with E-state index in [-0.39, 0.29) is 29.5 Å². The van der Waals surface area contributed by atoms with Crippen LogP contribution in [0.1, 0.15) is 89.5 Å². The van der Waals surface area contributed by atoms with Gasteiger partial charge in [0.25, 0.3) is 5.91 Å². The van der Waals surface area contributed by atoms with Gasteiger partial charge in [0.05, 0.1) is 6.20 Å². The number of nitrogens with zero attached hydrogens (tertiary/aromatic N) is 3. The third kappa shape index (κ3) is 5.67. The van der Waals surface area contributed by atoms with Gasteiger partial charge in [-0.05, 0) is 55.8 Å². The summed E-state index contributed by atoms with van der Waals surface area (Å²) in [4.78, 5) is 50.5. The molecule has 5 atom stereocenters. The fraction of sp³-hybridized carbons (Fsp3) is 0.741. The minimum Gasteiger partial charge on any atom is -0.342 e. The molecule has 3 amide bonds. The molecule has 192 valence electrons. The summed E-state index contributed by atoms with van der Waals surface area (Å²) in [6.07, 6.45) is 12.9. The highest BCUT2D eigenvalue weighted by molar-refractivity contribution is 5.97. The first-order valence-electron chi connectivity index (χ1n) is 13.3. The lowest BCUT2D eigenvalue weighted by Gasteiger charge is -2.37. The highest BCUT2D eigenvalue weighted by atomic mass is 16.2. The van der Waals surface area contributed by atoms with Crippen molar-refractivity contribution < 1.29 is 14.4 Å². The predicted molar refractivity (Wildman–Crippen MR) is 133 cm³/mol. The van der Waals surface area contributed by atoms with Crippen molar-refractivity contribution in [3.8, 4) is 0 Å². The second-order valence-corrected chi connectivity index (χ2v) is 11.8. The van der Waals surface area contributed by atoms with E-state index in [0.29, 0.717) is 11.8 Å². The van der Waals surface area contributed by atoms with Crippen LogP contribution in [0, 0.1) is 23.2 Å². The third-order valence-corrected chi connectivity index (χ3v) is 8.43. The van der Waals surface area contributed by atoms with Gasteiger partial charge in [-0.3, -0.25) is 19.4 Å². The Morgan fingerprint density at radius 1 is 1.00 bits per heavy atom. The van der Waals surface area contributed by atoms with Gasteiger partial charge in [-0.2, -0.15) is 0 Å². The van der Waals surface area contributed by atoms with E-state index in [1.54, 1.807) is 0 Å². The lowest BCUT2D eigenvalue weighted by atomic mass is 9.82. The number of carbonyl (C=O) groups excluding carboxylic acids is 3. The molecule has 4 rings (SSSR count). The molecule has 8 nitrogen and oxygen atoms in total. The van der Waals surface area contributed by atoms with E-state index in [0.717, 1.165) is 38.6 Å². The Bertz CT molecular complexity index is 909. The van der Waals surface area contributed by atoms with E-state index in [4.69, 9.17) is 0 Å². The van der Waals surface area contributed by atoms with E-state index < -0.39 is 23.4 Å². The summed E-state index contributed by atoms with van der Waals surface area (Å²) in [6.45, 7) is 8.91. The number of amides is 3. The summed E-state index contributed by atoms with van der Waals surface area (Å²) in [5.41, 5.74) is -0.280. The molecule has 2 heterocycles. The van der Waals surface area contributed by atoms with Crippen LogP contribution < -0.4 is 10.6 Å². The van der Waals surface area contributed by atoms with Crippen molar-refractivity contribution in [2.75, 3.05) is 6.54 Å². The Kier molecular flexibility index (Phi) is 7.77. The molecule has 2 saturated carbocycles. The topological polar surface area (TPSA) is 104 Å². The lowest BCUT2D eigenvalue weighted by Crippen LogP contribution is -2.60. The smallest absolute Gasteiger partial charge is 0.272 e. The van der Waals surface area contributed by atoms with Gasteiger partial charge < -0.3 is 15.5 Å². The largest absolute Gasteiger partial charge is 0.342 e. The molecule has 8 heteroatoms. The van der Waals surface area contributed by atoms with Gasteiger partial charge in [-0.25, -0.2) is 4.98 Å². The Hall–Kier alpha value is -2.51. The fourth-order valence-electron chi connectivity index (χ4n) is 6.41. The van der Waals surface area contributed by atoms with E-state index in [2.05, 4.69) is 27.5 Å². The maximum atomic E-state index is 13.8. The molecule has 3 fully saturated rings. The highest BCUT2D eigenvalue weighted by Crippen LogP contribution is 2.42. The van der Waals surface area contributed by atoms with Crippen LogP contribution >= 0.6 is 0 Å². The quantitative estimate of drug-likeness (QED) is 0.646. The molecule has 1 aromatic heterocycles. The van der Waals surface area contributed by atoms with Crippen LogP contribution in [0.5, 0.6) is 0 Å². The minimum absolute atomic E-state index is 0.00426. The lowest BCUT2D eigenvalue weighted by molar-refractivity contribution is -0.141. The van der Waals surface area contributed by atoms with Crippen molar-refractivity contribution in [1.29, 1.82) is 0 Å². The monoisotopic (exact) mass is 483 g/mol. The third-order valence-electron chi connectivity index (χ3n) is 8.43. The van der Waals surface area contributed by atoms with Gasteiger partial charge >= 0.3 is 0 Å². The number of carbonyl (C=O) groups is 3. The number of hydrogen-bond donors (Lipinski definition) is 2. The van der Waals surface area contributed by atoms with Crippen LogP contribution in [0.2, 0.25) is 0 Å². The molecule has 1 aromatic rings. The van der Waals surface area contributed by atoms with Crippen LogP contribution in [0.25, 0.3) is 0 Å². The van der Waals surface area contributed by atoms with Gasteiger partial charge in [0.1, 0.15) is 17.8 Å². The molecule has 1 unspecified atom stereocenters. The van der Waals surface area contributed by atoms with Crippen molar-refractivity contribution in [1.82, 2.24) is 25.5 Å². The van der Waals surface area contributed by atoms with Crippen LogP contribution in [-0.2, 0) is 9.59 Å². The average Bonchev–Trinajstić information content (AvgIpc) is 3.43. The van der Waals surface area contributed by atoms with E-state index in [1.807, 2.05) is 25.7 Å². The van der Waals surface area contributed by atoms with E-state index in [1.165, 1.54) is 37.9 Å². The molecule has 1 aliphatic heterocycles. The van der Waals surface area contributed by atoms with Gasteiger partial charge in [-0.1, -0.05) is 46.5 Å². The van der Waals surface area contributed by atoms with Crippen molar-refractivity contribution in [3.63, 3.8) is 0 Å². The molecule has 1 saturated heterocycles. The molecule has 0 bridgehead atoms. The first-order valence-corrected chi connectivity index (χ1v) is 13.3. The number of fused-ring (bicyclic) bond motifs is 1. The SMILES string of the molecule is C[C@@H]1[C@H]2CCC[C@H]2CN1C(=O)C(NC(=O)[C@@H](NC(=O)c1cnccn1)C1CCCCC1)C(C)(C)C. The zero-order valence-corrected chi connectivity index (χ0v) is 21.6. The Labute approximate surface area is 209 Å². The van der Waals surface area contributed by atoms with E-state index >= 15 is 0 Å². The normalized spacial score (nSPS) is 26.6. The Balaban J connectivity index is 1.52.